The van der Waals surface area contributed by atoms with Crippen molar-refractivity contribution < 1.29 is 4.79 Å². The maximum Gasteiger partial charge on any atom is 0.185 e. The number of rotatable bonds is 5. The molecule has 20 heavy (non-hydrogen) atoms. The van der Waals surface area contributed by atoms with Crippen LogP contribution in [0, 0.1) is 0 Å². The van der Waals surface area contributed by atoms with Crippen LogP contribution < -0.4 is 0 Å². The number of halogens is 2. The van der Waals surface area contributed by atoms with Crippen molar-refractivity contribution in [3.8, 4) is 0 Å². The van der Waals surface area contributed by atoms with Gasteiger partial charge >= 0.3 is 0 Å². The summed E-state index contributed by atoms with van der Waals surface area (Å²) in [5.41, 5.74) is 2.43. The average molecular weight is 356 g/mol. The van der Waals surface area contributed by atoms with Crippen molar-refractivity contribution in [3.05, 3.63) is 50.7 Å². The van der Waals surface area contributed by atoms with Crippen LogP contribution in [0.1, 0.15) is 35.6 Å². The maximum atomic E-state index is 12.4. The molecule has 106 valence electrons. The van der Waals surface area contributed by atoms with Crippen molar-refractivity contribution in [2.45, 2.75) is 33.2 Å². The third-order valence-electron chi connectivity index (χ3n) is 3.14. The summed E-state index contributed by atoms with van der Waals surface area (Å²) in [6.45, 7) is 4.70. The lowest BCUT2D eigenvalue weighted by Gasteiger charge is -2.06. The third-order valence-corrected chi connectivity index (χ3v) is 3.99. The van der Waals surface area contributed by atoms with Gasteiger partial charge < -0.3 is 0 Å². The van der Waals surface area contributed by atoms with Crippen LogP contribution >= 0.6 is 27.5 Å². The topological polar surface area (TPSA) is 34.9 Å². The van der Waals surface area contributed by atoms with Crippen LogP contribution in [0.2, 0.25) is 5.02 Å². The highest BCUT2D eigenvalue weighted by Gasteiger charge is 2.15. The summed E-state index contributed by atoms with van der Waals surface area (Å²) < 4.78 is 2.67. The van der Waals surface area contributed by atoms with Crippen molar-refractivity contribution in [2.24, 2.45) is 0 Å². The molecule has 0 saturated carbocycles. The first kappa shape index (κ1) is 15.3. The van der Waals surface area contributed by atoms with Crippen molar-refractivity contribution in [2.75, 3.05) is 0 Å². The van der Waals surface area contributed by atoms with Gasteiger partial charge in [-0.2, -0.15) is 5.10 Å². The van der Waals surface area contributed by atoms with Crippen LogP contribution in [-0.4, -0.2) is 15.6 Å². The minimum atomic E-state index is 0.0447. The molecule has 0 N–H and O–H groups in total. The van der Waals surface area contributed by atoms with Gasteiger partial charge in [0.15, 0.2) is 5.78 Å². The molecule has 2 aromatic rings. The van der Waals surface area contributed by atoms with Crippen LogP contribution in [0.5, 0.6) is 0 Å². The van der Waals surface area contributed by atoms with Crippen LogP contribution in [0.15, 0.2) is 28.7 Å². The van der Waals surface area contributed by atoms with Crippen LogP contribution in [0.25, 0.3) is 0 Å². The molecule has 0 atom stereocenters. The number of ketones is 1. The van der Waals surface area contributed by atoms with E-state index < -0.39 is 0 Å². The third kappa shape index (κ3) is 3.30. The van der Waals surface area contributed by atoms with E-state index in [1.165, 1.54) is 0 Å². The van der Waals surface area contributed by atoms with Gasteiger partial charge in [0.25, 0.3) is 0 Å². The van der Waals surface area contributed by atoms with E-state index >= 15 is 0 Å². The molecular weight excluding hydrogens is 340 g/mol. The molecule has 0 fully saturated rings. The highest BCUT2D eigenvalue weighted by molar-refractivity contribution is 9.10. The van der Waals surface area contributed by atoms with Gasteiger partial charge in [-0.05, 0) is 37.1 Å². The fourth-order valence-electron chi connectivity index (χ4n) is 2.04. The quantitative estimate of drug-likeness (QED) is 0.749. The molecule has 5 heteroatoms. The van der Waals surface area contributed by atoms with Crippen molar-refractivity contribution in [3.63, 3.8) is 0 Å². The highest BCUT2D eigenvalue weighted by Crippen LogP contribution is 2.23. The normalized spacial score (nSPS) is 10.8. The number of Topliss-reactive ketones (excluding diaryl/α,β-unsaturated/α-hetero) is 1. The van der Waals surface area contributed by atoms with E-state index in [0.717, 1.165) is 22.2 Å². The maximum absolute atomic E-state index is 12.4. The Morgan fingerprint density at radius 3 is 2.70 bits per heavy atom. The standard InChI is InChI=1S/C15H16BrClN2O/c1-3-12-9-14(19(4-2)18-12)15(20)7-10-5-6-11(16)8-13(10)17/h5-6,8-9H,3-4,7H2,1-2H3. The van der Waals surface area contributed by atoms with Crippen molar-refractivity contribution in [1.82, 2.24) is 9.78 Å². The second-order valence-corrected chi connectivity index (χ2v) is 5.85. The number of benzene rings is 1. The zero-order valence-electron chi connectivity index (χ0n) is 11.5. The zero-order chi connectivity index (χ0) is 14.7. The average Bonchev–Trinajstić information content (AvgIpc) is 2.85. The Bertz CT molecular complexity index is 637. The first-order chi connectivity index (χ1) is 9.55. The Labute approximate surface area is 132 Å². The summed E-state index contributed by atoms with van der Waals surface area (Å²) in [5.74, 6) is 0.0447. The summed E-state index contributed by atoms with van der Waals surface area (Å²) in [7, 11) is 0. The summed E-state index contributed by atoms with van der Waals surface area (Å²) in [6.07, 6.45) is 1.12. The number of hydrogen-bond donors (Lipinski definition) is 0. The Morgan fingerprint density at radius 2 is 2.10 bits per heavy atom. The summed E-state index contributed by atoms with van der Waals surface area (Å²) in [4.78, 5) is 12.4. The van der Waals surface area contributed by atoms with Crippen LogP contribution in [0.4, 0.5) is 0 Å². The number of carbonyl (C=O) groups excluding carboxylic acids is 1. The molecule has 1 aromatic carbocycles. The minimum Gasteiger partial charge on any atom is -0.292 e. The van der Waals surface area contributed by atoms with Gasteiger partial charge in [-0.3, -0.25) is 9.48 Å². The van der Waals surface area contributed by atoms with Crippen molar-refractivity contribution >= 4 is 33.3 Å². The minimum absolute atomic E-state index is 0.0447. The molecule has 1 heterocycles. The molecule has 0 aliphatic rings. The number of aryl methyl sites for hydroxylation is 2. The molecule has 3 nitrogen and oxygen atoms in total. The fourth-order valence-corrected chi connectivity index (χ4v) is 2.78. The van der Waals surface area contributed by atoms with Crippen LogP contribution in [-0.2, 0) is 19.4 Å². The second-order valence-electron chi connectivity index (χ2n) is 4.53. The van der Waals surface area contributed by atoms with E-state index in [9.17, 15) is 4.79 Å². The predicted octanol–water partition coefficient (Wildman–Crippen LogP) is 4.31. The molecule has 0 aliphatic carbocycles. The Balaban J connectivity index is 2.25. The summed E-state index contributed by atoms with van der Waals surface area (Å²) >= 11 is 9.52. The largest absolute Gasteiger partial charge is 0.292 e. The van der Waals surface area contributed by atoms with Gasteiger partial charge in [0, 0.05) is 22.5 Å². The van der Waals surface area contributed by atoms with Crippen LogP contribution in [0.3, 0.4) is 0 Å². The summed E-state index contributed by atoms with van der Waals surface area (Å²) in [6, 6.07) is 7.44. The molecule has 0 amide bonds. The van der Waals surface area contributed by atoms with E-state index in [2.05, 4.69) is 21.0 Å². The zero-order valence-corrected chi connectivity index (χ0v) is 13.8. The lowest BCUT2D eigenvalue weighted by atomic mass is 10.1. The van der Waals surface area contributed by atoms with Gasteiger partial charge in [-0.25, -0.2) is 0 Å². The molecule has 0 radical (unpaired) electrons. The molecule has 1 aromatic heterocycles. The second kappa shape index (κ2) is 6.55. The number of hydrogen-bond acceptors (Lipinski definition) is 2. The van der Waals surface area contributed by atoms with Gasteiger partial charge in [-0.1, -0.05) is 40.5 Å². The Morgan fingerprint density at radius 1 is 1.35 bits per heavy atom. The van der Waals surface area contributed by atoms with Gasteiger partial charge in [0.05, 0.1) is 5.69 Å². The van der Waals surface area contributed by atoms with Gasteiger partial charge in [0.1, 0.15) is 5.69 Å². The smallest absolute Gasteiger partial charge is 0.185 e. The first-order valence-corrected chi connectivity index (χ1v) is 7.76. The summed E-state index contributed by atoms with van der Waals surface area (Å²) in [5, 5.41) is 5.00. The fraction of sp³-hybridized carbons (Fsp3) is 0.333. The lowest BCUT2D eigenvalue weighted by molar-refractivity contribution is 0.0983. The predicted molar refractivity (Wildman–Crippen MR) is 84.5 cm³/mol. The van der Waals surface area contributed by atoms with E-state index in [1.54, 1.807) is 10.7 Å². The number of carbonyl (C=O) groups is 1. The Kier molecular flexibility index (Phi) is 5.00. The molecule has 0 unspecified atom stereocenters. The molecule has 0 aliphatic heterocycles. The van der Waals surface area contributed by atoms with E-state index in [4.69, 9.17) is 11.6 Å². The number of nitrogens with zero attached hydrogens (tertiary/aromatic N) is 2. The van der Waals surface area contributed by atoms with Crippen molar-refractivity contribution in [1.29, 1.82) is 0 Å². The lowest BCUT2D eigenvalue weighted by Crippen LogP contribution is -2.12. The molecular formula is C15H16BrClN2O. The monoisotopic (exact) mass is 354 g/mol. The van der Waals surface area contributed by atoms with E-state index in [-0.39, 0.29) is 5.78 Å². The van der Waals surface area contributed by atoms with E-state index in [1.807, 2.05) is 32.0 Å². The highest BCUT2D eigenvalue weighted by atomic mass is 79.9. The Hall–Kier alpha value is -1.13. The number of aromatic nitrogens is 2. The SMILES string of the molecule is CCc1cc(C(=O)Cc2ccc(Br)cc2Cl)n(CC)n1. The van der Waals surface area contributed by atoms with E-state index in [0.29, 0.717) is 23.7 Å². The van der Waals surface area contributed by atoms with Gasteiger partial charge in [0.2, 0.25) is 0 Å². The first-order valence-electron chi connectivity index (χ1n) is 6.59. The molecule has 0 spiro atoms. The van der Waals surface area contributed by atoms with Gasteiger partial charge in [-0.15, -0.1) is 0 Å². The molecule has 0 bridgehead atoms. The molecule has 2 rings (SSSR count). The molecule has 0 saturated heterocycles.